The van der Waals surface area contributed by atoms with Crippen molar-refractivity contribution in [1.29, 1.82) is 0 Å². The molecule has 0 spiro atoms. The molecule has 138 valence electrons. The van der Waals surface area contributed by atoms with Crippen molar-refractivity contribution in [2.45, 2.75) is 13.1 Å². The summed E-state index contributed by atoms with van der Waals surface area (Å²) >= 11 is 11.8. The van der Waals surface area contributed by atoms with E-state index in [1.165, 1.54) is 0 Å². The predicted octanol–water partition coefficient (Wildman–Crippen LogP) is 5.14. The fraction of sp³-hybridized carbons (Fsp3) is 0.143. The highest BCUT2D eigenvalue weighted by atomic mass is 35.5. The Bertz CT molecular complexity index is 887. The van der Waals surface area contributed by atoms with Gasteiger partial charge in [0, 0.05) is 36.2 Å². The van der Waals surface area contributed by atoms with E-state index in [2.05, 4.69) is 15.2 Å². The molecular formula is C21H20ClN3OS. The third-order valence-corrected chi connectivity index (χ3v) is 4.58. The van der Waals surface area contributed by atoms with Crippen LogP contribution in [0.4, 0.5) is 5.69 Å². The minimum absolute atomic E-state index is 0.629. The van der Waals surface area contributed by atoms with Crippen molar-refractivity contribution in [3.63, 3.8) is 0 Å². The molecule has 0 bridgehead atoms. The number of anilines is 1. The van der Waals surface area contributed by atoms with Crippen LogP contribution in [0.3, 0.4) is 0 Å². The molecular weight excluding hydrogens is 378 g/mol. The van der Waals surface area contributed by atoms with Gasteiger partial charge in [0.1, 0.15) is 5.75 Å². The van der Waals surface area contributed by atoms with Crippen LogP contribution in [0.25, 0.3) is 0 Å². The van der Waals surface area contributed by atoms with Crippen LogP contribution in [0.5, 0.6) is 5.75 Å². The van der Waals surface area contributed by atoms with Crippen LogP contribution >= 0.6 is 23.8 Å². The Kier molecular flexibility index (Phi) is 6.63. The molecule has 3 rings (SSSR count). The molecule has 1 heterocycles. The van der Waals surface area contributed by atoms with Gasteiger partial charge in [0.25, 0.3) is 0 Å². The Hall–Kier alpha value is -2.63. The molecule has 27 heavy (non-hydrogen) atoms. The van der Waals surface area contributed by atoms with Gasteiger partial charge in [-0.1, -0.05) is 29.8 Å². The van der Waals surface area contributed by atoms with Crippen molar-refractivity contribution >= 4 is 34.6 Å². The van der Waals surface area contributed by atoms with Gasteiger partial charge in [-0.25, -0.2) is 0 Å². The molecule has 4 nitrogen and oxygen atoms in total. The number of nitrogens with one attached hydrogen (secondary N) is 1. The number of hydrogen-bond donors (Lipinski definition) is 1. The molecule has 1 aromatic heterocycles. The van der Waals surface area contributed by atoms with Crippen molar-refractivity contribution < 1.29 is 4.74 Å². The second kappa shape index (κ2) is 9.35. The van der Waals surface area contributed by atoms with Crippen molar-refractivity contribution in [3.05, 3.63) is 89.2 Å². The Labute approximate surface area is 169 Å². The quantitative estimate of drug-likeness (QED) is 0.582. The number of benzene rings is 2. The summed E-state index contributed by atoms with van der Waals surface area (Å²) in [5, 5.41) is 4.64. The molecule has 0 radical (unpaired) electrons. The zero-order chi connectivity index (χ0) is 19.1. The van der Waals surface area contributed by atoms with Crippen molar-refractivity contribution in [2.75, 3.05) is 12.4 Å². The van der Waals surface area contributed by atoms with Gasteiger partial charge in [-0.2, -0.15) is 0 Å². The minimum atomic E-state index is 0.629. The van der Waals surface area contributed by atoms with Crippen LogP contribution in [0, 0.1) is 0 Å². The third-order valence-electron chi connectivity index (χ3n) is 3.99. The smallest absolute Gasteiger partial charge is 0.174 e. The molecule has 2 aromatic carbocycles. The molecule has 6 heteroatoms. The number of ether oxygens (including phenoxy) is 1. The van der Waals surface area contributed by atoms with Gasteiger partial charge in [0.05, 0.1) is 7.11 Å². The van der Waals surface area contributed by atoms with Gasteiger partial charge in [0.15, 0.2) is 5.11 Å². The summed E-state index contributed by atoms with van der Waals surface area (Å²) in [7, 11) is 1.65. The first-order valence-corrected chi connectivity index (χ1v) is 9.26. The highest BCUT2D eigenvalue weighted by Crippen LogP contribution is 2.18. The van der Waals surface area contributed by atoms with Crippen LogP contribution < -0.4 is 10.1 Å². The fourth-order valence-electron chi connectivity index (χ4n) is 2.64. The van der Waals surface area contributed by atoms with E-state index in [0.29, 0.717) is 23.2 Å². The molecule has 0 aliphatic carbocycles. The van der Waals surface area contributed by atoms with Crippen molar-refractivity contribution in [1.82, 2.24) is 9.88 Å². The maximum Gasteiger partial charge on any atom is 0.174 e. The number of aromatic nitrogens is 1. The van der Waals surface area contributed by atoms with Crippen LogP contribution in [0.15, 0.2) is 73.1 Å². The van der Waals surface area contributed by atoms with Gasteiger partial charge in [-0.15, -0.1) is 0 Å². The molecule has 0 atom stereocenters. The zero-order valence-electron chi connectivity index (χ0n) is 14.9. The average Bonchev–Trinajstić information content (AvgIpc) is 2.69. The first-order chi connectivity index (χ1) is 13.1. The molecule has 0 saturated heterocycles. The minimum Gasteiger partial charge on any atom is -0.497 e. The zero-order valence-corrected chi connectivity index (χ0v) is 16.5. The highest BCUT2D eigenvalue weighted by molar-refractivity contribution is 7.80. The largest absolute Gasteiger partial charge is 0.497 e. The number of hydrogen-bond acceptors (Lipinski definition) is 3. The Morgan fingerprint density at radius 3 is 2.48 bits per heavy atom. The van der Waals surface area contributed by atoms with Gasteiger partial charge in [-0.05, 0) is 65.8 Å². The Morgan fingerprint density at radius 2 is 1.81 bits per heavy atom. The van der Waals surface area contributed by atoms with Crippen molar-refractivity contribution in [2.24, 2.45) is 0 Å². The predicted molar refractivity (Wildman–Crippen MR) is 114 cm³/mol. The van der Waals surface area contributed by atoms with E-state index >= 15 is 0 Å². The topological polar surface area (TPSA) is 37.4 Å². The number of nitrogens with zero attached hydrogens (tertiary/aromatic N) is 2. The van der Waals surface area contributed by atoms with E-state index in [1.54, 1.807) is 13.3 Å². The van der Waals surface area contributed by atoms with Gasteiger partial charge in [0.2, 0.25) is 0 Å². The lowest BCUT2D eigenvalue weighted by Gasteiger charge is -2.26. The monoisotopic (exact) mass is 397 g/mol. The van der Waals surface area contributed by atoms with Crippen LogP contribution in [-0.2, 0) is 13.1 Å². The van der Waals surface area contributed by atoms with Crippen LogP contribution in [-0.4, -0.2) is 22.1 Å². The second-order valence-electron chi connectivity index (χ2n) is 6.01. The lowest BCUT2D eigenvalue weighted by atomic mass is 10.2. The SMILES string of the molecule is COc1ccc(NC(=S)N(Cc2cccnc2)Cc2cccc(Cl)c2)cc1. The molecule has 0 unspecified atom stereocenters. The fourth-order valence-corrected chi connectivity index (χ4v) is 3.10. The third kappa shape index (κ3) is 5.67. The number of thiocarbonyl (C=S) groups is 1. The van der Waals surface area contributed by atoms with E-state index in [-0.39, 0.29) is 0 Å². The van der Waals surface area contributed by atoms with Crippen LogP contribution in [0.2, 0.25) is 5.02 Å². The summed E-state index contributed by atoms with van der Waals surface area (Å²) < 4.78 is 5.20. The normalized spacial score (nSPS) is 10.3. The highest BCUT2D eigenvalue weighted by Gasteiger charge is 2.12. The Morgan fingerprint density at radius 1 is 1.07 bits per heavy atom. The molecule has 3 aromatic rings. The van der Waals surface area contributed by atoms with E-state index < -0.39 is 0 Å². The molecule has 1 N–H and O–H groups in total. The molecule has 0 amide bonds. The molecule has 0 aliphatic heterocycles. The maximum atomic E-state index is 6.14. The van der Waals surface area contributed by atoms with E-state index in [9.17, 15) is 0 Å². The molecule has 0 aliphatic rings. The lowest BCUT2D eigenvalue weighted by molar-refractivity contribution is 0.412. The standard InChI is InChI=1S/C21H20ClN3OS/c1-26-20-9-7-19(8-10-20)24-21(27)25(15-17-5-3-11-23-13-17)14-16-4-2-6-18(22)12-16/h2-13H,14-15H2,1H3,(H,24,27). The maximum absolute atomic E-state index is 6.14. The number of halogens is 1. The summed E-state index contributed by atoms with van der Waals surface area (Å²) in [6.07, 6.45) is 3.61. The summed E-state index contributed by atoms with van der Waals surface area (Å²) in [4.78, 5) is 6.28. The van der Waals surface area contributed by atoms with Gasteiger partial charge < -0.3 is 15.0 Å². The summed E-state index contributed by atoms with van der Waals surface area (Å²) in [5.74, 6) is 0.803. The summed E-state index contributed by atoms with van der Waals surface area (Å²) in [5.41, 5.74) is 3.08. The summed E-state index contributed by atoms with van der Waals surface area (Å²) in [6.45, 7) is 1.28. The first kappa shape index (κ1) is 19.1. The number of rotatable bonds is 6. The first-order valence-electron chi connectivity index (χ1n) is 8.47. The van der Waals surface area contributed by atoms with Crippen LogP contribution in [0.1, 0.15) is 11.1 Å². The lowest BCUT2D eigenvalue weighted by Crippen LogP contribution is -2.33. The van der Waals surface area contributed by atoms with E-state index in [1.807, 2.05) is 66.9 Å². The second-order valence-corrected chi connectivity index (χ2v) is 6.83. The number of methoxy groups -OCH3 is 1. The van der Waals surface area contributed by atoms with E-state index in [0.717, 1.165) is 22.6 Å². The summed E-state index contributed by atoms with van der Waals surface area (Å²) in [6, 6.07) is 19.4. The Balaban J connectivity index is 1.77. The number of pyridine rings is 1. The van der Waals surface area contributed by atoms with Gasteiger partial charge in [-0.3, -0.25) is 4.98 Å². The molecule has 0 fully saturated rings. The van der Waals surface area contributed by atoms with E-state index in [4.69, 9.17) is 28.6 Å². The van der Waals surface area contributed by atoms with Gasteiger partial charge >= 0.3 is 0 Å². The van der Waals surface area contributed by atoms with Crippen molar-refractivity contribution in [3.8, 4) is 5.75 Å². The average molecular weight is 398 g/mol. The molecule has 0 saturated carbocycles.